The highest BCUT2D eigenvalue weighted by Gasteiger charge is 2.35. The summed E-state index contributed by atoms with van der Waals surface area (Å²) in [5.74, 6) is 0.314. The SMILES string of the molecule is COC(=O)c1ccc2c(c1)OC[C@@H](c1cccnc1)N(C(=O)N1CCOCC1)C2.COC(=O)c1ccc2c(c1)OC[C@H](c1cccnc1)N(C(=O)N1CCOCC1)C2. The number of ether oxygens (including phenoxy) is 6. The highest BCUT2D eigenvalue weighted by atomic mass is 16.5. The maximum Gasteiger partial charge on any atom is 0.337 e. The average Bonchev–Trinajstić information content (AvgIpc) is 3.61. The van der Waals surface area contributed by atoms with Crippen molar-refractivity contribution in [1.29, 1.82) is 0 Å². The van der Waals surface area contributed by atoms with Crippen LogP contribution in [0.2, 0.25) is 0 Å². The van der Waals surface area contributed by atoms with Crippen LogP contribution in [-0.2, 0) is 32.0 Å². The second-order valence-electron chi connectivity index (χ2n) is 13.9. The van der Waals surface area contributed by atoms with Gasteiger partial charge in [0.2, 0.25) is 0 Å². The van der Waals surface area contributed by atoms with Gasteiger partial charge in [0.25, 0.3) is 0 Å². The quantitative estimate of drug-likeness (QED) is 0.266. The van der Waals surface area contributed by atoms with E-state index in [0.717, 1.165) is 22.3 Å². The van der Waals surface area contributed by atoms with Gasteiger partial charge in [0.05, 0.1) is 76.9 Å². The van der Waals surface area contributed by atoms with Crippen molar-refractivity contribution in [3.8, 4) is 11.5 Å². The summed E-state index contributed by atoms with van der Waals surface area (Å²) in [6.07, 6.45) is 6.91. The molecule has 4 aromatic rings. The van der Waals surface area contributed by atoms with Gasteiger partial charge in [-0.15, -0.1) is 0 Å². The standard InChI is InChI=1S/2C21H23N3O5/c2*1-27-20(25)15-4-5-17-13-24(21(26)23-7-9-28-10-8-23)18(14-29-19(17)11-15)16-3-2-6-22-12-16/h2*2-6,11-12,18H,7-10,13-14H2,1H3/t2*18-/m10/s1. The molecule has 58 heavy (non-hydrogen) atoms. The fraction of sp³-hybridized carbons (Fsp3) is 0.381. The van der Waals surface area contributed by atoms with Crippen LogP contribution in [0.3, 0.4) is 0 Å². The summed E-state index contributed by atoms with van der Waals surface area (Å²) in [7, 11) is 2.69. The highest BCUT2D eigenvalue weighted by molar-refractivity contribution is 5.90. The van der Waals surface area contributed by atoms with Gasteiger partial charge in [0, 0.05) is 62.1 Å². The molecule has 2 aromatic carbocycles. The Morgan fingerprint density at radius 1 is 0.603 bits per heavy atom. The van der Waals surface area contributed by atoms with Gasteiger partial charge in [0.1, 0.15) is 24.7 Å². The van der Waals surface area contributed by atoms with Crippen LogP contribution in [0.1, 0.15) is 55.1 Å². The van der Waals surface area contributed by atoms with Crippen LogP contribution in [0.4, 0.5) is 9.59 Å². The number of methoxy groups -OCH3 is 2. The number of pyridine rings is 2. The summed E-state index contributed by atoms with van der Waals surface area (Å²) in [4.78, 5) is 66.1. The molecule has 0 unspecified atom stereocenters. The van der Waals surface area contributed by atoms with Gasteiger partial charge >= 0.3 is 24.0 Å². The van der Waals surface area contributed by atoms with Crippen molar-refractivity contribution in [2.24, 2.45) is 0 Å². The monoisotopic (exact) mass is 794 g/mol. The number of morpholine rings is 2. The molecule has 2 aromatic heterocycles. The van der Waals surface area contributed by atoms with Crippen LogP contribution in [-0.4, -0.2) is 134 Å². The fourth-order valence-corrected chi connectivity index (χ4v) is 7.21. The van der Waals surface area contributed by atoms with Crippen molar-refractivity contribution in [1.82, 2.24) is 29.6 Å². The molecule has 16 nitrogen and oxygen atoms in total. The Balaban J connectivity index is 0.000000177. The number of amides is 4. The normalized spacial score (nSPS) is 19.0. The van der Waals surface area contributed by atoms with E-state index < -0.39 is 11.9 Å². The number of urea groups is 2. The van der Waals surface area contributed by atoms with E-state index >= 15 is 0 Å². The summed E-state index contributed by atoms with van der Waals surface area (Å²) >= 11 is 0. The third-order valence-electron chi connectivity index (χ3n) is 10.4. The summed E-state index contributed by atoms with van der Waals surface area (Å²) in [6.45, 7) is 5.64. The molecule has 2 atom stereocenters. The van der Waals surface area contributed by atoms with Crippen molar-refractivity contribution in [3.63, 3.8) is 0 Å². The molecule has 2 fully saturated rings. The topological polar surface area (TPSA) is 162 Å². The molecule has 304 valence electrons. The van der Waals surface area contributed by atoms with Crippen molar-refractivity contribution >= 4 is 24.0 Å². The highest BCUT2D eigenvalue weighted by Crippen LogP contribution is 2.35. The number of hydrogen-bond donors (Lipinski definition) is 0. The molecule has 0 N–H and O–H groups in total. The molecule has 4 amide bonds. The Morgan fingerprint density at radius 3 is 1.38 bits per heavy atom. The smallest absolute Gasteiger partial charge is 0.337 e. The zero-order valence-electron chi connectivity index (χ0n) is 32.5. The van der Waals surface area contributed by atoms with Crippen molar-refractivity contribution < 1.29 is 47.6 Å². The van der Waals surface area contributed by atoms with E-state index in [1.807, 2.05) is 46.2 Å². The third-order valence-corrected chi connectivity index (χ3v) is 10.4. The third kappa shape index (κ3) is 9.13. The maximum atomic E-state index is 13.4. The molecule has 0 saturated carbocycles. The van der Waals surface area contributed by atoms with E-state index in [1.165, 1.54) is 14.2 Å². The van der Waals surface area contributed by atoms with Crippen molar-refractivity contribution in [2.75, 3.05) is 80.0 Å². The van der Waals surface area contributed by atoms with E-state index in [2.05, 4.69) is 9.97 Å². The minimum Gasteiger partial charge on any atom is -0.491 e. The Hall–Kier alpha value is -6.26. The summed E-state index contributed by atoms with van der Waals surface area (Å²) in [6, 6.07) is 17.2. The first kappa shape index (κ1) is 40.0. The first-order valence-electron chi connectivity index (χ1n) is 19.1. The minimum absolute atomic E-state index is 0.0596. The van der Waals surface area contributed by atoms with Gasteiger partial charge in [-0.2, -0.15) is 0 Å². The molecule has 0 radical (unpaired) electrons. The number of benzene rings is 2. The molecule has 4 aliphatic rings. The van der Waals surface area contributed by atoms with Gasteiger partial charge in [-0.25, -0.2) is 19.2 Å². The Bertz CT molecular complexity index is 1910. The predicted octanol–water partition coefficient (Wildman–Crippen LogP) is 4.51. The number of hydrogen-bond acceptors (Lipinski definition) is 12. The van der Waals surface area contributed by atoms with Gasteiger partial charge in [-0.05, 0) is 47.5 Å². The summed E-state index contributed by atoms with van der Waals surface area (Å²) < 4.78 is 32.5. The second kappa shape index (κ2) is 18.8. The molecule has 0 aliphatic carbocycles. The molecular formula is C42H46N6O10. The minimum atomic E-state index is -0.425. The Kier molecular flexibility index (Phi) is 12.9. The number of esters is 2. The van der Waals surface area contributed by atoms with E-state index in [1.54, 1.807) is 58.9 Å². The van der Waals surface area contributed by atoms with Crippen LogP contribution < -0.4 is 9.47 Å². The number of nitrogens with zero attached hydrogens (tertiary/aromatic N) is 6. The van der Waals surface area contributed by atoms with E-state index in [4.69, 9.17) is 28.4 Å². The maximum absolute atomic E-state index is 13.4. The predicted molar refractivity (Wildman–Crippen MR) is 207 cm³/mol. The Morgan fingerprint density at radius 2 is 1.02 bits per heavy atom. The van der Waals surface area contributed by atoms with Crippen LogP contribution in [0.5, 0.6) is 11.5 Å². The molecular weight excluding hydrogens is 748 g/mol. The number of aromatic nitrogens is 2. The molecule has 0 spiro atoms. The van der Waals surface area contributed by atoms with Crippen molar-refractivity contribution in [2.45, 2.75) is 25.2 Å². The fourth-order valence-electron chi connectivity index (χ4n) is 7.21. The van der Waals surface area contributed by atoms with Gasteiger partial charge in [-0.3, -0.25) is 9.97 Å². The van der Waals surface area contributed by atoms with Gasteiger partial charge in [0.15, 0.2) is 0 Å². The summed E-state index contributed by atoms with van der Waals surface area (Å²) in [5.41, 5.74) is 4.30. The van der Waals surface area contributed by atoms with Gasteiger partial charge in [-0.1, -0.05) is 24.3 Å². The van der Waals surface area contributed by atoms with E-state index in [9.17, 15) is 19.2 Å². The lowest BCUT2D eigenvalue weighted by Crippen LogP contribution is -2.49. The first-order chi connectivity index (χ1) is 28.3. The molecule has 16 heteroatoms. The molecule has 4 aliphatic heterocycles. The van der Waals surface area contributed by atoms with E-state index in [-0.39, 0.29) is 37.4 Å². The number of carbonyl (C=O) groups is 4. The second-order valence-corrected chi connectivity index (χ2v) is 13.9. The lowest BCUT2D eigenvalue weighted by molar-refractivity contribution is 0.0361. The summed E-state index contributed by atoms with van der Waals surface area (Å²) in [5, 5.41) is 0. The zero-order chi connectivity index (χ0) is 40.4. The number of carbonyl (C=O) groups excluding carboxylic acids is 4. The molecule has 8 rings (SSSR count). The van der Waals surface area contributed by atoms with E-state index in [0.29, 0.717) is 88.3 Å². The molecule has 0 bridgehead atoms. The number of fused-ring (bicyclic) bond motifs is 2. The Labute approximate surface area is 336 Å². The lowest BCUT2D eigenvalue weighted by Gasteiger charge is -2.36. The van der Waals surface area contributed by atoms with Crippen LogP contribution in [0.25, 0.3) is 0 Å². The van der Waals surface area contributed by atoms with Crippen LogP contribution in [0, 0.1) is 0 Å². The molecule has 2 saturated heterocycles. The van der Waals surface area contributed by atoms with Crippen LogP contribution in [0.15, 0.2) is 85.5 Å². The van der Waals surface area contributed by atoms with Crippen LogP contribution >= 0.6 is 0 Å². The largest absolute Gasteiger partial charge is 0.491 e. The lowest BCUT2D eigenvalue weighted by atomic mass is 10.1. The van der Waals surface area contributed by atoms with Crippen molar-refractivity contribution in [3.05, 3.63) is 119 Å². The zero-order valence-corrected chi connectivity index (χ0v) is 32.5. The number of rotatable bonds is 4. The first-order valence-corrected chi connectivity index (χ1v) is 19.1. The molecule has 6 heterocycles. The average molecular weight is 795 g/mol. The van der Waals surface area contributed by atoms with Gasteiger partial charge < -0.3 is 48.0 Å².